The highest BCUT2D eigenvalue weighted by molar-refractivity contribution is 6.04. The summed E-state index contributed by atoms with van der Waals surface area (Å²) < 4.78 is 5.07. The number of benzene rings is 1. The van der Waals surface area contributed by atoms with Crippen LogP contribution in [0.5, 0.6) is 0 Å². The van der Waals surface area contributed by atoms with E-state index < -0.39 is 0 Å². The molecule has 6 heteroatoms. The predicted octanol–water partition coefficient (Wildman–Crippen LogP) is 3.00. The fourth-order valence-corrected chi connectivity index (χ4v) is 2.30. The maximum Gasteiger partial charge on any atom is 0.253 e. The van der Waals surface area contributed by atoms with E-state index >= 15 is 0 Å². The number of carbonyl (C=O) groups is 2. The highest BCUT2D eigenvalue weighted by Gasteiger charge is 2.17. The summed E-state index contributed by atoms with van der Waals surface area (Å²) in [6.45, 7) is 7.52. The van der Waals surface area contributed by atoms with Gasteiger partial charge in [0.25, 0.3) is 5.91 Å². The molecular weight excluding hydrogens is 306 g/mol. The predicted molar refractivity (Wildman–Crippen MR) is 92.0 cm³/mol. The van der Waals surface area contributed by atoms with Crippen LogP contribution in [0.4, 0.5) is 5.69 Å². The van der Waals surface area contributed by atoms with Gasteiger partial charge in [-0.25, -0.2) is 0 Å². The van der Waals surface area contributed by atoms with E-state index in [-0.39, 0.29) is 24.3 Å². The number of aromatic nitrogens is 1. The minimum atomic E-state index is -0.215. The summed E-state index contributed by atoms with van der Waals surface area (Å²) in [5.74, 6) is 0.219. The molecule has 6 nitrogen and oxygen atoms in total. The Labute approximate surface area is 141 Å². The highest BCUT2D eigenvalue weighted by atomic mass is 16.5. The Hall–Kier alpha value is -2.63. The summed E-state index contributed by atoms with van der Waals surface area (Å²) in [5.41, 5.74) is 2.42. The molecule has 2 rings (SSSR count). The van der Waals surface area contributed by atoms with Crippen LogP contribution in [0.25, 0.3) is 0 Å². The van der Waals surface area contributed by atoms with E-state index in [4.69, 9.17) is 4.52 Å². The van der Waals surface area contributed by atoms with Gasteiger partial charge >= 0.3 is 0 Å². The zero-order valence-electron chi connectivity index (χ0n) is 14.5. The number of nitrogens with zero attached hydrogens (tertiary/aromatic N) is 1. The molecule has 0 aliphatic carbocycles. The van der Waals surface area contributed by atoms with Crippen LogP contribution in [0.15, 0.2) is 28.8 Å². The van der Waals surface area contributed by atoms with E-state index in [0.29, 0.717) is 22.7 Å². The van der Waals surface area contributed by atoms with E-state index in [2.05, 4.69) is 15.8 Å². The van der Waals surface area contributed by atoms with Gasteiger partial charge in [0.05, 0.1) is 23.4 Å². The molecule has 0 saturated carbocycles. The molecule has 2 aromatic rings. The Kier molecular flexibility index (Phi) is 5.73. The molecule has 128 valence electrons. The average Bonchev–Trinajstić information content (AvgIpc) is 2.87. The van der Waals surface area contributed by atoms with Crippen molar-refractivity contribution in [1.29, 1.82) is 0 Å². The number of anilines is 1. The molecule has 0 aliphatic heterocycles. The third-order valence-electron chi connectivity index (χ3n) is 3.95. The zero-order chi connectivity index (χ0) is 17.7. The molecule has 1 aromatic carbocycles. The largest absolute Gasteiger partial charge is 0.361 e. The average molecular weight is 329 g/mol. The lowest BCUT2D eigenvalue weighted by Gasteiger charge is -2.14. The van der Waals surface area contributed by atoms with E-state index in [1.54, 1.807) is 38.1 Å². The Morgan fingerprint density at radius 1 is 1.25 bits per heavy atom. The molecule has 1 aromatic heterocycles. The van der Waals surface area contributed by atoms with Crippen LogP contribution in [0.1, 0.15) is 47.6 Å². The maximum atomic E-state index is 12.4. The third kappa shape index (κ3) is 4.22. The fraction of sp³-hybridized carbons (Fsp3) is 0.389. The zero-order valence-corrected chi connectivity index (χ0v) is 14.5. The van der Waals surface area contributed by atoms with Crippen molar-refractivity contribution >= 4 is 17.5 Å². The number of hydrogen-bond donors (Lipinski definition) is 2. The first-order valence-electron chi connectivity index (χ1n) is 8.03. The van der Waals surface area contributed by atoms with Crippen molar-refractivity contribution in [2.75, 3.05) is 5.32 Å². The van der Waals surface area contributed by atoms with Gasteiger partial charge in [0.1, 0.15) is 5.76 Å². The normalized spacial score (nSPS) is 11.8. The lowest BCUT2D eigenvalue weighted by molar-refractivity contribution is -0.115. The monoisotopic (exact) mass is 329 g/mol. The standard InChI is InChI=1S/C18H23N3O3/c1-5-11(2)19-18(23)14-8-6-7-9-16(14)20-17(22)10-15-12(3)21-24-13(15)4/h6-9,11H,5,10H2,1-4H3,(H,19,23)(H,20,22). The van der Waals surface area contributed by atoms with Gasteiger partial charge in [-0.1, -0.05) is 24.2 Å². The lowest BCUT2D eigenvalue weighted by Crippen LogP contribution is -2.32. The maximum absolute atomic E-state index is 12.4. The SMILES string of the molecule is CCC(C)NC(=O)c1ccccc1NC(=O)Cc1c(C)noc1C. The Morgan fingerprint density at radius 2 is 1.96 bits per heavy atom. The second kappa shape index (κ2) is 7.77. The summed E-state index contributed by atoms with van der Waals surface area (Å²) in [6.07, 6.45) is 0.995. The van der Waals surface area contributed by atoms with Crippen molar-refractivity contribution in [3.63, 3.8) is 0 Å². The summed E-state index contributed by atoms with van der Waals surface area (Å²) in [5, 5.41) is 9.56. The summed E-state index contributed by atoms with van der Waals surface area (Å²) in [4.78, 5) is 24.7. The van der Waals surface area contributed by atoms with E-state index in [0.717, 1.165) is 12.0 Å². The molecule has 0 aliphatic rings. The number of para-hydroxylation sites is 1. The van der Waals surface area contributed by atoms with Crippen LogP contribution in [-0.4, -0.2) is 23.0 Å². The third-order valence-corrected chi connectivity index (χ3v) is 3.95. The van der Waals surface area contributed by atoms with Gasteiger partial charge in [-0.2, -0.15) is 0 Å². The van der Waals surface area contributed by atoms with Crippen LogP contribution >= 0.6 is 0 Å². The molecule has 24 heavy (non-hydrogen) atoms. The van der Waals surface area contributed by atoms with Crippen molar-refractivity contribution in [1.82, 2.24) is 10.5 Å². The van der Waals surface area contributed by atoms with Crippen LogP contribution in [-0.2, 0) is 11.2 Å². The first-order chi connectivity index (χ1) is 11.4. The molecule has 2 N–H and O–H groups in total. The first-order valence-corrected chi connectivity index (χ1v) is 8.03. The summed E-state index contributed by atoms with van der Waals surface area (Å²) in [6, 6.07) is 7.05. The Morgan fingerprint density at radius 3 is 2.58 bits per heavy atom. The number of hydrogen-bond acceptors (Lipinski definition) is 4. The van der Waals surface area contributed by atoms with Crippen LogP contribution in [0.3, 0.4) is 0 Å². The Balaban J connectivity index is 2.12. The van der Waals surface area contributed by atoms with E-state index in [1.807, 2.05) is 13.8 Å². The first kappa shape index (κ1) is 17.7. The Bertz CT molecular complexity index is 717. The minimum Gasteiger partial charge on any atom is -0.361 e. The van der Waals surface area contributed by atoms with E-state index in [9.17, 15) is 9.59 Å². The van der Waals surface area contributed by atoms with Gasteiger partial charge in [-0.15, -0.1) is 0 Å². The van der Waals surface area contributed by atoms with Gasteiger partial charge in [-0.05, 0) is 39.3 Å². The number of nitrogens with one attached hydrogen (secondary N) is 2. The summed E-state index contributed by atoms with van der Waals surface area (Å²) >= 11 is 0. The molecule has 2 amide bonds. The highest BCUT2D eigenvalue weighted by Crippen LogP contribution is 2.18. The quantitative estimate of drug-likeness (QED) is 0.853. The van der Waals surface area contributed by atoms with Gasteiger partial charge < -0.3 is 15.2 Å². The van der Waals surface area contributed by atoms with Crippen molar-refractivity contribution in [2.45, 2.75) is 46.6 Å². The molecule has 0 radical (unpaired) electrons. The minimum absolute atomic E-state index is 0.0727. The molecule has 0 bridgehead atoms. The van der Waals surface area contributed by atoms with E-state index in [1.165, 1.54) is 0 Å². The van der Waals surface area contributed by atoms with Gasteiger partial charge in [0.2, 0.25) is 5.91 Å². The molecule has 1 unspecified atom stereocenters. The molecule has 0 fully saturated rings. The smallest absolute Gasteiger partial charge is 0.253 e. The number of aryl methyl sites for hydroxylation is 2. The molecule has 1 atom stereocenters. The number of carbonyl (C=O) groups excluding carboxylic acids is 2. The van der Waals surface area contributed by atoms with Gasteiger partial charge in [-0.3, -0.25) is 9.59 Å². The second-order valence-electron chi connectivity index (χ2n) is 5.86. The number of rotatable bonds is 6. The van der Waals surface area contributed by atoms with Gasteiger partial charge in [0.15, 0.2) is 0 Å². The van der Waals surface area contributed by atoms with Crippen LogP contribution < -0.4 is 10.6 Å². The second-order valence-corrected chi connectivity index (χ2v) is 5.86. The van der Waals surface area contributed by atoms with Crippen LogP contribution in [0, 0.1) is 13.8 Å². The van der Waals surface area contributed by atoms with Crippen LogP contribution in [0.2, 0.25) is 0 Å². The molecule has 1 heterocycles. The topological polar surface area (TPSA) is 84.2 Å². The van der Waals surface area contributed by atoms with Crippen molar-refractivity contribution in [3.05, 3.63) is 46.8 Å². The van der Waals surface area contributed by atoms with Crippen molar-refractivity contribution in [3.8, 4) is 0 Å². The van der Waals surface area contributed by atoms with Gasteiger partial charge in [0, 0.05) is 11.6 Å². The number of amides is 2. The fourth-order valence-electron chi connectivity index (χ4n) is 2.30. The van der Waals surface area contributed by atoms with Crippen molar-refractivity contribution in [2.24, 2.45) is 0 Å². The lowest BCUT2D eigenvalue weighted by atomic mass is 10.1. The molecular formula is C18H23N3O3. The molecule has 0 saturated heterocycles. The molecule has 0 spiro atoms. The van der Waals surface area contributed by atoms with Crippen molar-refractivity contribution < 1.29 is 14.1 Å². The summed E-state index contributed by atoms with van der Waals surface area (Å²) in [7, 11) is 0.